The van der Waals surface area contributed by atoms with E-state index < -0.39 is 74.0 Å². The molecule has 5 atom stereocenters. The third-order valence-electron chi connectivity index (χ3n) is 10.6. The van der Waals surface area contributed by atoms with Crippen LogP contribution in [-0.4, -0.2) is 84.6 Å². The van der Waals surface area contributed by atoms with Crippen molar-refractivity contribution in [2.24, 2.45) is 11.3 Å². The Hall–Kier alpha value is -5.70. The van der Waals surface area contributed by atoms with E-state index in [0.29, 0.717) is 40.9 Å². The Morgan fingerprint density at radius 3 is 2.43 bits per heavy atom. The maximum atomic E-state index is 14.7. The molecule has 3 heterocycles. The number of amides is 4. The van der Waals surface area contributed by atoms with Crippen LogP contribution in [0, 0.1) is 11.3 Å². The van der Waals surface area contributed by atoms with Crippen molar-refractivity contribution in [2.45, 2.75) is 75.4 Å². The number of pyridine rings is 1. The van der Waals surface area contributed by atoms with Crippen LogP contribution in [0.1, 0.15) is 57.0 Å². The summed E-state index contributed by atoms with van der Waals surface area (Å²) in [5.74, 6) is -2.15. The van der Waals surface area contributed by atoms with Gasteiger partial charge in [-0.25, -0.2) is 13.4 Å². The normalized spacial score (nSPS) is 22.5. The SMILES string of the molecule is C=C[C@@H]1C[C@]1(NC(=O)[C@@H]1C[C@@H](Oc2cc(-c3ccccc3)nc3cc(OC)ccc23)CN1C(=O)[C@@H](NC(=O)c1ccco1)C(C)(C)C)C(=O)NS(=O)(=O)C1CC1. The van der Waals surface area contributed by atoms with Gasteiger partial charge in [0.05, 0.1) is 36.4 Å². The zero-order valence-electron chi connectivity index (χ0n) is 31.6. The molecule has 0 radical (unpaired) electrons. The number of ether oxygens (including phenoxy) is 2. The number of hydrogen-bond donors (Lipinski definition) is 3. The molecule has 2 saturated carbocycles. The van der Waals surface area contributed by atoms with Crippen LogP contribution in [0.4, 0.5) is 0 Å². The van der Waals surface area contributed by atoms with Crippen LogP contribution in [0.2, 0.25) is 0 Å². The number of methoxy groups -OCH3 is 1. The second-order valence-electron chi connectivity index (χ2n) is 15.7. The van der Waals surface area contributed by atoms with E-state index in [1.807, 2.05) is 42.5 Å². The van der Waals surface area contributed by atoms with Gasteiger partial charge >= 0.3 is 0 Å². The lowest BCUT2D eigenvalue weighted by Gasteiger charge is -2.35. The van der Waals surface area contributed by atoms with Crippen LogP contribution >= 0.6 is 0 Å². The highest BCUT2D eigenvalue weighted by Gasteiger charge is 2.62. The molecule has 1 saturated heterocycles. The van der Waals surface area contributed by atoms with Gasteiger partial charge in [0, 0.05) is 35.4 Å². The van der Waals surface area contributed by atoms with E-state index in [4.69, 9.17) is 18.9 Å². The second kappa shape index (κ2) is 14.8. The molecule has 4 aromatic rings. The minimum Gasteiger partial charge on any atom is -0.497 e. The van der Waals surface area contributed by atoms with Gasteiger partial charge in [-0.1, -0.05) is 57.2 Å². The summed E-state index contributed by atoms with van der Waals surface area (Å²) in [4.78, 5) is 62.2. The smallest absolute Gasteiger partial charge is 0.287 e. The molecule has 14 nitrogen and oxygen atoms in total. The van der Waals surface area contributed by atoms with Gasteiger partial charge < -0.3 is 29.4 Å². The fourth-order valence-corrected chi connectivity index (χ4v) is 8.52. The standard InChI is InChI=1S/C41H45N5O9S/c1-6-25-22-41(25,39(50)45-56(51,52)28-15-16-28)44-36(47)32-20-27(23-46(32)38(49)35(40(2,3)4)43-37(48)33-13-10-18-54-33)55-34-21-30(24-11-8-7-9-12-24)42-31-19-26(53-5)14-17-29(31)34/h6-14,17-19,21,25,27-28,32,35H,1,15-16,20,22-23H2,2-5H3,(H,43,48)(H,44,47)(H,45,50)/t25-,27-,32+,35-,41-/m1/s1. The van der Waals surface area contributed by atoms with E-state index in [1.54, 1.807) is 46.1 Å². The molecule has 0 spiro atoms. The number of nitrogens with zero attached hydrogens (tertiary/aromatic N) is 2. The number of nitrogens with one attached hydrogen (secondary N) is 3. The summed E-state index contributed by atoms with van der Waals surface area (Å²) in [5, 5.41) is 5.63. The lowest BCUT2D eigenvalue weighted by molar-refractivity contribution is -0.142. The summed E-state index contributed by atoms with van der Waals surface area (Å²) >= 11 is 0. The van der Waals surface area contributed by atoms with Crippen molar-refractivity contribution in [3.63, 3.8) is 0 Å². The van der Waals surface area contributed by atoms with Crippen LogP contribution in [0.25, 0.3) is 22.2 Å². The van der Waals surface area contributed by atoms with E-state index in [1.165, 1.54) is 23.3 Å². The average Bonchev–Trinajstić information content (AvgIpc) is 4.04. The van der Waals surface area contributed by atoms with E-state index >= 15 is 0 Å². The fourth-order valence-electron chi connectivity index (χ4n) is 7.16. The van der Waals surface area contributed by atoms with Crippen molar-refractivity contribution in [3.8, 4) is 22.8 Å². The minimum atomic E-state index is -3.92. The molecular weight excluding hydrogens is 739 g/mol. The molecule has 1 aliphatic heterocycles. The van der Waals surface area contributed by atoms with Crippen molar-refractivity contribution >= 4 is 44.6 Å². The predicted octanol–water partition coefficient (Wildman–Crippen LogP) is 4.37. The Balaban J connectivity index is 1.22. The number of hydrogen-bond acceptors (Lipinski definition) is 10. The van der Waals surface area contributed by atoms with Gasteiger partial charge in [0.25, 0.3) is 11.8 Å². The molecule has 15 heteroatoms. The molecule has 3 aliphatic rings. The summed E-state index contributed by atoms with van der Waals surface area (Å²) in [6.07, 6.45) is 3.16. The Labute approximate surface area is 325 Å². The van der Waals surface area contributed by atoms with Crippen molar-refractivity contribution in [1.29, 1.82) is 0 Å². The third-order valence-corrected chi connectivity index (χ3v) is 12.4. The quantitative estimate of drug-likeness (QED) is 0.165. The van der Waals surface area contributed by atoms with Gasteiger partial charge in [-0.3, -0.25) is 23.9 Å². The molecule has 2 aromatic carbocycles. The zero-order chi connectivity index (χ0) is 40.0. The predicted molar refractivity (Wildman–Crippen MR) is 207 cm³/mol. The number of aromatic nitrogens is 1. The van der Waals surface area contributed by atoms with E-state index in [2.05, 4.69) is 21.9 Å². The molecule has 2 aromatic heterocycles. The summed E-state index contributed by atoms with van der Waals surface area (Å²) in [6, 6.07) is 17.5. The van der Waals surface area contributed by atoms with E-state index in [0.717, 1.165) is 5.56 Å². The molecule has 3 N–H and O–H groups in total. The summed E-state index contributed by atoms with van der Waals surface area (Å²) in [6.45, 7) is 9.10. The Morgan fingerprint density at radius 1 is 1.05 bits per heavy atom. The molecule has 2 aliphatic carbocycles. The molecule has 4 amide bonds. The lowest BCUT2D eigenvalue weighted by Crippen LogP contribution is -2.60. The number of benzene rings is 2. The van der Waals surface area contributed by atoms with E-state index in [9.17, 15) is 27.6 Å². The number of sulfonamides is 1. The first-order valence-corrected chi connectivity index (χ1v) is 20.0. The van der Waals surface area contributed by atoms with Crippen molar-refractivity contribution in [2.75, 3.05) is 13.7 Å². The molecule has 56 heavy (non-hydrogen) atoms. The van der Waals surface area contributed by atoms with Gasteiger partial charge in [-0.2, -0.15) is 0 Å². The minimum absolute atomic E-state index is 0.0118. The van der Waals surface area contributed by atoms with Crippen LogP contribution in [0.15, 0.2) is 90.1 Å². The fraction of sp³-hybridized carbons (Fsp3) is 0.390. The second-order valence-corrected chi connectivity index (χ2v) is 17.6. The largest absolute Gasteiger partial charge is 0.497 e. The first-order valence-electron chi connectivity index (χ1n) is 18.5. The van der Waals surface area contributed by atoms with Crippen molar-refractivity contribution in [1.82, 2.24) is 25.2 Å². The highest BCUT2D eigenvalue weighted by molar-refractivity contribution is 7.91. The molecule has 294 valence electrons. The van der Waals surface area contributed by atoms with Crippen LogP contribution < -0.4 is 24.8 Å². The summed E-state index contributed by atoms with van der Waals surface area (Å²) in [7, 11) is -2.35. The first kappa shape index (κ1) is 38.6. The van der Waals surface area contributed by atoms with Crippen LogP contribution in [0.3, 0.4) is 0 Å². The maximum Gasteiger partial charge on any atom is 0.287 e. The average molecular weight is 784 g/mol. The highest BCUT2D eigenvalue weighted by atomic mass is 32.2. The highest BCUT2D eigenvalue weighted by Crippen LogP contribution is 2.46. The van der Waals surface area contributed by atoms with Gasteiger partial charge in [0.1, 0.15) is 35.2 Å². The lowest BCUT2D eigenvalue weighted by atomic mass is 9.85. The molecule has 0 unspecified atom stereocenters. The van der Waals surface area contributed by atoms with Gasteiger partial charge in [0.15, 0.2) is 5.76 Å². The van der Waals surface area contributed by atoms with Crippen LogP contribution in [0.5, 0.6) is 11.5 Å². The monoisotopic (exact) mass is 783 g/mol. The zero-order valence-corrected chi connectivity index (χ0v) is 32.4. The number of carbonyl (C=O) groups is 4. The third kappa shape index (κ3) is 7.72. The van der Waals surface area contributed by atoms with Crippen LogP contribution in [-0.2, 0) is 24.4 Å². The van der Waals surface area contributed by atoms with E-state index in [-0.39, 0.29) is 25.1 Å². The van der Waals surface area contributed by atoms with Crippen molar-refractivity contribution < 1.29 is 41.5 Å². The van der Waals surface area contributed by atoms with Gasteiger partial charge in [0.2, 0.25) is 21.8 Å². The Bertz CT molecular complexity index is 2290. The maximum absolute atomic E-state index is 14.7. The first-order chi connectivity index (χ1) is 26.6. The Kier molecular flexibility index (Phi) is 10.2. The number of rotatable bonds is 13. The number of likely N-dealkylation sites (tertiary alicyclic amines) is 1. The van der Waals surface area contributed by atoms with Gasteiger partial charge in [-0.05, 0) is 48.9 Å². The molecule has 0 bridgehead atoms. The number of furan rings is 1. The van der Waals surface area contributed by atoms with Gasteiger partial charge in [-0.15, -0.1) is 6.58 Å². The summed E-state index contributed by atoms with van der Waals surface area (Å²) in [5.41, 5.74) is -0.319. The topological polar surface area (TPSA) is 186 Å². The number of fused-ring (bicyclic) bond motifs is 1. The molecular formula is C41H45N5O9S. The summed E-state index contributed by atoms with van der Waals surface area (Å²) < 4.78 is 45.1. The molecule has 3 fully saturated rings. The van der Waals surface area contributed by atoms with Crippen molar-refractivity contribution in [3.05, 3.63) is 91.4 Å². The Morgan fingerprint density at radius 2 is 1.80 bits per heavy atom. The molecule has 7 rings (SSSR count). The number of carbonyl (C=O) groups excluding carboxylic acids is 4.